The number of rotatable bonds is 7. The highest BCUT2D eigenvalue weighted by molar-refractivity contribution is 6.96. The summed E-state index contributed by atoms with van der Waals surface area (Å²) in [6.45, 7) is 16.2. The van der Waals surface area contributed by atoms with E-state index in [-0.39, 0.29) is 23.0 Å². The SMILES string of the molecule is Cc1cc(C)c(B(c2cccc(-c3ccc(C45CC6CC(C4)CC(c4ccc(C7(C)CC=Cc8c7oc7ccccc87)cc4)(C6)C5)cc3)c2)c2c(C)cc(C)cc2C)c(C)c1. The molecule has 1 heterocycles. The summed E-state index contributed by atoms with van der Waals surface area (Å²) in [5.74, 6) is 2.71. The van der Waals surface area contributed by atoms with Gasteiger partial charge in [0.05, 0.1) is 5.41 Å². The number of allylic oxidation sites excluding steroid dienone is 1. The van der Waals surface area contributed by atoms with Gasteiger partial charge in [0.2, 0.25) is 6.71 Å². The van der Waals surface area contributed by atoms with E-state index in [1.807, 2.05) is 0 Å². The molecule has 1 nitrogen and oxygen atoms in total. The van der Waals surface area contributed by atoms with Gasteiger partial charge in [0.1, 0.15) is 11.3 Å². The Morgan fingerprint density at radius 2 is 1.10 bits per heavy atom. The predicted molar refractivity (Wildman–Crippen MR) is 259 cm³/mol. The van der Waals surface area contributed by atoms with Crippen LogP contribution in [0.5, 0.6) is 0 Å². The van der Waals surface area contributed by atoms with E-state index in [2.05, 4.69) is 182 Å². The van der Waals surface area contributed by atoms with E-state index in [1.54, 1.807) is 11.1 Å². The molecule has 7 aromatic rings. The number of benzene rings is 6. The topological polar surface area (TPSA) is 13.1 Å². The standard InChI is InChI=1S/C59H59BO/c1-37-26-39(3)54(40(4)27-37)60(55-41(5)28-38(2)29-42(55)6)50-13-10-12-46(31-50)45-17-19-48(20-18-45)58-32-43-30-44(33-58)35-59(34-43,36-58)49-23-21-47(22-24-49)57(7)25-11-15-52-51-14-8-9-16-53(51)61-56(52)57/h8-24,26-29,31,43-44H,25,30,32-36H2,1-7H3. The summed E-state index contributed by atoms with van der Waals surface area (Å²) >= 11 is 0. The lowest BCUT2D eigenvalue weighted by Crippen LogP contribution is -2.56. The molecular weight excluding hydrogens is 735 g/mol. The first kappa shape index (κ1) is 38.6. The maximum absolute atomic E-state index is 6.62. The molecule has 3 atom stereocenters. The summed E-state index contributed by atoms with van der Waals surface area (Å²) in [5, 5.41) is 1.22. The van der Waals surface area contributed by atoms with Gasteiger partial charge in [0, 0.05) is 10.9 Å². The summed E-state index contributed by atoms with van der Waals surface area (Å²) in [5.41, 5.74) is 22.1. The number of hydrogen-bond acceptors (Lipinski definition) is 1. The highest BCUT2D eigenvalue weighted by Gasteiger charge is 2.58. The van der Waals surface area contributed by atoms with Crippen molar-refractivity contribution in [3.63, 3.8) is 0 Å². The van der Waals surface area contributed by atoms with Gasteiger partial charge in [-0.15, -0.1) is 0 Å². The third-order valence-electron chi connectivity index (χ3n) is 16.2. The van der Waals surface area contributed by atoms with Crippen LogP contribution in [0.25, 0.3) is 28.2 Å². The molecule has 0 saturated heterocycles. The minimum atomic E-state index is -0.177. The van der Waals surface area contributed by atoms with Gasteiger partial charge in [-0.25, -0.2) is 0 Å². The zero-order valence-electron chi connectivity index (χ0n) is 37.3. The average Bonchev–Trinajstić information content (AvgIpc) is 3.63. The zero-order valence-corrected chi connectivity index (χ0v) is 37.3. The van der Waals surface area contributed by atoms with E-state index in [1.165, 1.54) is 116 Å². The number of furan rings is 1. The van der Waals surface area contributed by atoms with Crippen molar-refractivity contribution in [3.8, 4) is 11.1 Å². The minimum absolute atomic E-state index is 0.169. The molecule has 0 radical (unpaired) electrons. The molecule has 61 heavy (non-hydrogen) atoms. The highest BCUT2D eigenvalue weighted by Crippen LogP contribution is 2.66. The molecule has 6 aromatic carbocycles. The van der Waals surface area contributed by atoms with Crippen molar-refractivity contribution in [2.75, 3.05) is 0 Å². The second kappa shape index (κ2) is 14.1. The molecule has 0 aliphatic heterocycles. The van der Waals surface area contributed by atoms with Crippen molar-refractivity contribution in [1.29, 1.82) is 0 Å². The molecule has 4 fully saturated rings. The van der Waals surface area contributed by atoms with Crippen LogP contribution < -0.4 is 16.4 Å². The molecule has 5 aliphatic carbocycles. The first-order chi connectivity index (χ1) is 29.4. The lowest BCUT2D eigenvalue weighted by Gasteiger charge is -2.63. The van der Waals surface area contributed by atoms with Gasteiger partial charge in [-0.1, -0.05) is 177 Å². The molecule has 2 heteroatoms. The van der Waals surface area contributed by atoms with Crippen LogP contribution in [0.2, 0.25) is 0 Å². The largest absolute Gasteiger partial charge is 0.459 e. The summed E-state index contributed by atoms with van der Waals surface area (Å²) in [6.07, 6.45) is 13.6. The van der Waals surface area contributed by atoms with Crippen LogP contribution in [0.3, 0.4) is 0 Å². The molecule has 5 aliphatic rings. The summed E-state index contributed by atoms with van der Waals surface area (Å²) in [4.78, 5) is 0. The van der Waals surface area contributed by atoms with Crippen molar-refractivity contribution in [2.24, 2.45) is 11.8 Å². The predicted octanol–water partition coefficient (Wildman–Crippen LogP) is 13.0. The number of para-hydroxylation sites is 1. The van der Waals surface area contributed by atoms with Crippen molar-refractivity contribution in [1.82, 2.24) is 0 Å². The molecule has 0 N–H and O–H groups in total. The van der Waals surface area contributed by atoms with Crippen LogP contribution in [-0.4, -0.2) is 6.71 Å². The molecule has 304 valence electrons. The number of aryl methyl sites for hydroxylation is 6. The summed E-state index contributed by atoms with van der Waals surface area (Å²) < 4.78 is 6.62. The van der Waals surface area contributed by atoms with E-state index in [9.17, 15) is 0 Å². The molecule has 4 bridgehead atoms. The number of fused-ring (bicyclic) bond motifs is 3. The Labute approximate surface area is 364 Å². The molecule has 4 saturated carbocycles. The second-order valence-corrected chi connectivity index (χ2v) is 20.6. The Balaban J connectivity index is 0.907. The highest BCUT2D eigenvalue weighted by atomic mass is 16.3. The molecule has 0 spiro atoms. The Morgan fingerprint density at radius 1 is 0.557 bits per heavy atom. The fourth-order valence-corrected chi connectivity index (χ4v) is 14.2. The Bertz CT molecular complexity index is 2770. The van der Waals surface area contributed by atoms with Crippen LogP contribution in [0.1, 0.15) is 113 Å². The maximum Gasteiger partial charge on any atom is 0.242 e. The quantitative estimate of drug-likeness (QED) is 0.147. The Kier molecular flexibility index (Phi) is 8.92. The lowest BCUT2D eigenvalue weighted by molar-refractivity contribution is -0.0281. The van der Waals surface area contributed by atoms with Crippen molar-refractivity contribution in [2.45, 2.75) is 110 Å². The first-order valence-electron chi connectivity index (χ1n) is 23.1. The first-order valence-corrected chi connectivity index (χ1v) is 23.1. The smallest absolute Gasteiger partial charge is 0.242 e. The minimum Gasteiger partial charge on any atom is -0.459 e. The fraction of sp³-hybridized carbons (Fsp3) is 0.322. The van der Waals surface area contributed by atoms with E-state index >= 15 is 0 Å². The van der Waals surface area contributed by atoms with Crippen LogP contribution in [0.15, 0.2) is 132 Å². The molecule has 3 unspecified atom stereocenters. The normalized spacial score (nSPS) is 25.0. The fourth-order valence-electron chi connectivity index (χ4n) is 14.2. The third-order valence-corrected chi connectivity index (χ3v) is 16.2. The van der Waals surface area contributed by atoms with Gasteiger partial charge >= 0.3 is 0 Å². The third kappa shape index (κ3) is 6.18. The molecular formula is C59H59BO. The van der Waals surface area contributed by atoms with Crippen LogP contribution >= 0.6 is 0 Å². The van der Waals surface area contributed by atoms with Gasteiger partial charge in [0.15, 0.2) is 0 Å². The average molecular weight is 795 g/mol. The second-order valence-electron chi connectivity index (χ2n) is 20.6. The van der Waals surface area contributed by atoms with Crippen molar-refractivity contribution >= 4 is 40.1 Å². The lowest BCUT2D eigenvalue weighted by atomic mass is 9.34. The maximum atomic E-state index is 6.62. The van der Waals surface area contributed by atoms with Crippen molar-refractivity contribution in [3.05, 3.63) is 189 Å². The van der Waals surface area contributed by atoms with Gasteiger partial charge in [0.25, 0.3) is 0 Å². The zero-order chi connectivity index (χ0) is 41.8. The van der Waals surface area contributed by atoms with Crippen molar-refractivity contribution < 1.29 is 4.42 Å². The van der Waals surface area contributed by atoms with E-state index in [0.29, 0.717) is 0 Å². The summed E-state index contributed by atoms with van der Waals surface area (Å²) in [6, 6.07) is 47.3. The van der Waals surface area contributed by atoms with Crippen LogP contribution in [-0.2, 0) is 16.2 Å². The Hall–Kier alpha value is -5.34. The van der Waals surface area contributed by atoms with E-state index in [0.717, 1.165) is 29.6 Å². The van der Waals surface area contributed by atoms with Crippen LogP contribution in [0, 0.1) is 53.4 Å². The van der Waals surface area contributed by atoms with Gasteiger partial charge in [-0.05, 0) is 150 Å². The van der Waals surface area contributed by atoms with E-state index in [4.69, 9.17) is 4.42 Å². The van der Waals surface area contributed by atoms with Gasteiger partial charge in [-0.2, -0.15) is 0 Å². The van der Waals surface area contributed by atoms with Gasteiger partial charge in [-0.3, -0.25) is 0 Å². The monoisotopic (exact) mass is 794 g/mol. The molecule has 12 rings (SSSR count). The summed E-state index contributed by atoms with van der Waals surface area (Å²) in [7, 11) is 0. The van der Waals surface area contributed by atoms with E-state index < -0.39 is 0 Å². The van der Waals surface area contributed by atoms with Gasteiger partial charge < -0.3 is 4.42 Å². The molecule has 1 aromatic heterocycles. The number of hydrogen-bond donors (Lipinski definition) is 0. The Morgan fingerprint density at radius 3 is 1.69 bits per heavy atom. The molecule has 0 amide bonds. The van der Waals surface area contributed by atoms with Crippen LogP contribution in [0.4, 0.5) is 0 Å².